The largest absolute Gasteiger partial charge is 0.254 e. The van der Waals surface area contributed by atoms with Crippen LogP contribution in [0.15, 0.2) is 0 Å². The molecule has 10 heavy (non-hydrogen) atoms. The van der Waals surface area contributed by atoms with E-state index in [2.05, 4.69) is 32.1 Å². The fraction of sp³-hybridized carbons (Fsp3) is 1.00. The fourth-order valence-electron chi connectivity index (χ4n) is 0.656. The predicted octanol–water partition coefficient (Wildman–Crippen LogP) is 2.63. The minimum absolute atomic E-state index is 0.810. The van der Waals surface area contributed by atoms with Crippen LogP contribution in [0.1, 0.15) is 27.2 Å². The van der Waals surface area contributed by atoms with E-state index in [9.17, 15) is 0 Å². The predicted molar refractivity (Wildman–Crippen MR) is 50.2 cm³/mol. The Balaban J connectivity index is 3.12. The lowest BCUT2D eigenvalue weighted by Crippen LogP contribution is -2.11. The Bertz CT molecular complexity index is 73.7. The molecule has 0 amide bonds. The Labute approximate surface area is 69.3 Å². The molecule has 0 fully saturated rings. The van der Waals surface area contributed by atoms with Gasteiger partial charge in [0.15, 0.2) is 0 Å². The van der Waals surface area contributed by atoms with Gasteiger partial charge < -0.3 is 0 Å². The maximum absolute atomic E-state index is 2.32. The summed E-state index contributed by atoms with van der Waals surface area (Å²) in [6, 6.07) is 0. The van der Waals surface area contributed by atoms with Gasteiger partial charge in [-0.15, -0.1) is 0 Å². The van der Waals surface area contributed by atoms with Crippen LogP contribution >= 0.6 is 11.9 Å². The second kappa shape index (κ2) is 6.05. The highest BCUT2D eigenvalue weighted by Crippen LogP contribution is 2.11. The zero-order valence-electron chi connectivity index (χ0n) is 7.55. The van der Waals surface area contributed by atoms with Crippen LogP contribution in [-0.2, 0) is 0 Å². The molecule has 0 unspecified atom stereocenters. The molecule has 0 aromatic heterocycles. The fourth-order valence-corrected chi connectivity index (χ4v) is 1.52. The molecule has 0 aromatic carbocycles. The molecule has 0 aliphatic carbocycles. The van der Waals surface area contributed by atoms with Crippen LogP contribution in [-0.4, -0.2) is 23.7 Å². The van der Waals surface area contributed by atoms with Crippen molar-refractivity contribution in [1.82, 2.24) is 4.31 Å². The molecule has 0 atom stereocenters. The summed E-state index contributed by atoms with van der Waals surface area (Å²) in [6.07, 6.45) is 1.25. The summed E-state index contributed by atoms with van der Waals surface area (Å²) >= 11 is 1.94. The van der Waals surface area contributed by atoms with Crippen LogP contribution < -0.4 is 0 Å². The minimum atomic E-state index is 0.810. The molecule has 0 heterocycles. The molecule has 2 heteroatoms. The maximum Gasteiger partial charge on any atom is 0.0104 e. The standard InChI is InChI=1S/C8H19NS/c1-5-6-9(4)10-7-8(2)3/h8H,5-7H2,1-4H3. The van der Waals surface area contributed by atoms with Gasteiger partial charge >= 0.3 is 0 Å². The summed E-state index contributed by atoms with van der Waals surface area (Å²) in [5.74, 6) is 2.06. The van der Waals surface area contributed by atoms with E-state index in [1.54, 1.807) is 0 Å². The van der Waals surface area contributed by atoms with E-state index in [1.807, 2.05) is 11.9 Å². The van der Waals surface area contributed by atoms with Crippen LogP contribution in [0.5, 0.6) is 0 Å². The van der Waals surface area contributed by atoms with Crippen molar-refractivity contribution in [2.24, 2.45) is 5.92 Å². The second-order valence-corrected chi connectivity index (χ2v) is 4.26. The molecule has 0 N–H and O–H groups in total. The first kappa shape index (κ1) is 10.3. The number of hydrogen-bond acceptors (Lipinski definition) is 2. The Morgan fingerprint density at radius 2 is 2.00 bits per heavy atom. The number of hydrogen-bond donors (Lipinski definition) is 0. The first-order chi connectivity index (χ1) is 4.66. The van der Waals surface area contributed by atoms with Gasteiger partial charge in [-0.2, -0.15) is 0 Å². The second-order valence-electron chi connectivity index (χ2n) is 3.04. The Hall–Kier alpha value is 0.310. The van der Waals surface area contributed by atoms with Crippen molar-refractivity contribution >= 4 is 11.9 Å². The van der Waals surface area contributed by atoms with Crippen molar-refractivity contribution in [2.75, 3.05) is 19.3 Å². The van der Waals surface area contributed by atoms with Crippen molar-refractivity contribution < 1.29 is 0 Å². The summed E-state index contributed by atoms with van der Waals surface area (Å²) in [5, 5.41) is 0. The van der Waals surface area contributed by atoms with E-state index in [-0.39, 0.29) is 0 Å². The van der Waals surface area contributed by atoms with E-state index < -0.39 is 0 Å². The summed E-state index contributed by atoms with van der Waals surface area (Å²) in [5.41, 5.74) is 0. The van der Waals surface area contributed by atoms with Crippen molar-refractivity contribution in [1.29, 1.82) is 0 Å². The number of nitrogens with zero attached hydrogens (tertiary/aromatic N) is 1. The average Bonchev–Trinajstić information content (AvgIpc) is 1.85. The molecule has 0 aromatic rings. The molecule has 0 rings (SSSR count). The van der Waals surface area contributed by atoms with E-state index in [1.165, 1.54) is 18.7 Å². The zero-order valence-corrected chi connectivity index (χ0v) is 8.37. The molecule has 0 saturated carbocycles. The lowest BCUT2D eigenvalue weighted by Gasteiger charge is -2.14. The monoisotopic (exact) mass is 161 g/mol. The van der Waals surface area contributed by atoms with Gasteiger partial charge in [0.1, 0.15) is 0 Å². The van der Waals surface area contributed by atoms with Crippen LogP contribution in [0.25, 0.3) is 0 Å². The molecule has 0 bridgehead atoms. The molecule has 0 aliphatic rings. The van der Waals surface area contributed by atoms with Gasteiger partial charge in [0.05, 0.1) is 0 Å². The topological polar surface area (TPSA) is 3.24 Å². The third-order valence-corrected chi connectivity index (χ3v) is 2.61. The highest BCUT2D eigenvalue weighted by molar-refractivity contribution is 7.97. The lowest BCUT2D eigenvalue weighted by molar-refractivity contribution is 0.555. The Kier molecular flexibility index (Phi) is 6.24. The van der Waals surface area contributed by atoms with E-state index >= 15 is 0 Å². The van der Waals surface area contributed by atoms with Crippen LogP contribution in [0.3, 0.4) is 0 Å². The van der Waals surface area contributed by atoms with Crippen molar-refractivity contribution in [3.63, 3.8) is 0 Å². The van der Waals surface area contributed by atoms with Crippen LogP contribution in [0.2, 0.25) is 0 Å². The molecule has 0 aliphatic heterocycles. The zero-order chi connectivity index (χ0) is 7.98. The van der Waals surface area contributed by atoms with Gasteiger partial charge in [0, 0.05) is 12.3 Å². The van der Waals surface area contributed by atoms with Gasteiger partial charge in [-0.1, -0.05) is 32.7 Å². The van der Waals surface area contributed by atoms with Gasteiger partial charge in [-0.3, -0.25) is 4.31 Å². The maximum atomic E-state index is 2.32. The molecule has 0 radical (unpaired) electrons. The van der Waals surface area contributed by atoms with E-state index in [0.717, 1.165) is 5.92 Å². The molecular formula is C8H19NS. The van der Waals surface area contributed by atoms with Crippen molar-refractivity contribution in [3.05, 3.63) is 0 Å². The summed E-state index contributed by atoms with van der Waals surface area (Å²) in [6.45, 7) is 7.93. The Morgan fingerprint density at radius 1 is 1.40 bits per heavy atom. The molecule has 62 valence electrons. The quantitative estimate of drug-likeness (QED) is 0.570. The minimum Gasteiger partial charge on any atom is -0.254 e. The molecule has 0 saturated heterocycles. The summed E-state index contributed by atoms with van der Waals surface area (Å²) < 4.78 is 2.32. The molecular weight excluding hydrogens is 142 g/mol. The SMILES string of the molecule is CCCN(C)SCC(C)C. The Morgan fingerprint density at radius 3 is 2.40 bits per heavy atom. The lowest BCUT2D eigenvalue weighted by atomic mass is 10.3. The first-order valence-corrected chi connectivity index (χ1v) is 4.95. The van der Waals surface area contributed by atoms with Gasteiger partial charge in [0.2, 0.25) is 0 Å². The average molecular weight is 161 g/mol. The smallest absolute Gasteiger partial charge is 0.0104 e. The van der Waals surface area contributed by atoms with E-state index in [0.29, 0.717) is 0 Å². The highest BCUT2D eigenvalue weighted by Gasteiger charge is 1.98. The van der Waals surface area contributed by atoms with Gasteiger partial charge in [0.25, 0.3) is 0 Å². The van der Waals surface area contributed by atoms with E-state index in [4.69, 9.17) is 0 Å². The van der Waals surface area contributed by atoms with Crippen molar-refractivity contribution in [3.8, 4) is 0 Å². The third-order valence-electron chi connectivity index (χ3n) is 1.17. The van der Waals surface area contributed by atoms with Crippen LogP contribution in [0, 0.1) is 5.92 Å². The van der Waals surface area contributed by atoms with Crippen LogP contribution in [0.4, 0.5) is 0 Å². The number of rotatable bonds is 5. The summed E-state index contributed by atoms with van der Waals surface area (Å²) in [7, 11) is 2.16. The van der Waals surface area contributed by atoms with Gasteiger partial charge in [-0.05, 0) is 19.4 Å². The highest BCUT2D eigenvalue weighted by atomic mass is 32.2. The third kappa shape index (κ3) is 6.43. The summed E-state index contributed by atoms with van der Waals surface area (Å²) in [4.78, 5) is 0. The van der Waals surface area contributed by atoms with Crippen molar-refractivity contribution in [2.45, 2.75) is 27.2 Å². The normalized spacial score (nSPS) is 11.4. The van der Waals surface area contributed by atoms with Gasteiger partial charge in [-0.25, -0.2) is 0 Å². The first-order valence-electron chi connectivity index (χ1n) is 4.00. The molecule has 1 nitrogen and oxygen atoms in total. The molecule has 0 spiro atoms.